The van der Waals surface area contributed by atoms with Gasteiger partial charge in [0.1, 0.15) is 11.3 Å². The van der Waals surface area contributed by atoms with Gasteiger partial charge in [-0.25, -0.2) is 4.79 Å². The fraction of sp³-hybridized carbons (Fsp3) is 0.741. The highest BCUT2D eigenvalue weighted by Crippen LogP contribution is 2.24. The zero-order valence-electron chi connectivity index (χ0n) is 20.7. The highest BCUT2D eigenvalue weighted by atomic mass is 16.5. The first kappa shape index (κ1) is 27.3. The number of unbranched alkanes of at least 4 members (excludes halogenated alkanes) is 2. The Morgan fingerprint density at radius 1 is 0.903 bits per heavy atom. The number of aromatic carboxylic acids is 1. The van der Waals surface area contributed by atoms with Gasteiger partial charge in [-0.2, -0.15) is 0 Å². The largest absolute Gasteiger partial charge is 0.496 e. The number of carbonyl (C=O) groups is 1. The molecule has 4 heteroatoms. The van der Waals surface area contributed by atoms with Gasteiger partial charge >= 0.3 is 5.97 Å². The van der Waals surface area contributed by atoms with E-state index >= 15 is 0 Å². The van der Waals surface area contributed by atoms with Gasteiger partial charge in [-0.15, -0.1) is 0 Å². The molecule has 3 atom stereocenters. The molecule has 1 rings (SSSR count). The van der Waals surface area contributed by atoms with Crippen LogP contribution in [0.1, 0.15) is 109 Å². The number of ether oxygens (including phenoxy) is 1. The molecule has 0 spiro atoms. The van der Waals surface area contributed by atoms with Crippen LogP contribution in [-0.4, -0.2) is 24.7 Å². The molecule has 0 saturated heterocycles. The minimum absolute atomic E-state index is 0.196. The number of benzene rings is 1. The normalized spacial score (nSPS) is 14.1. The lowest BCUT2D eigenvalue weighted by Crippen LogP contribution is -2.08. The Bertz CT molecular complexity index is 616. The van der Waals surface area contributed by atoms with E-state index in [9.17, 15) is 4.79 Å². The number of methoxy groups -OCH3 is 1. The van der Waals surface area contributed by atoms with Crippen LogP contribution in [0, 0.1) is 17.8 Å². The van der Waals surface area contributed by atoms with Crippen molar-refractivity contribution in [2.24, 2.45) is 17.8 Å². The van der Waals surface area contributed by atoms with Gasteiger partial charge < -0.3 is 15.2 Å². The van der Waals surface area contributed by atoms with Gasteiger partial charge in [0.2, 0.25) is 0 Å². The minimum atomic E-state index is -0.965. The molecule has 0 saturated carbocycles. The zero-order chi connectivity index (χ0) is 23.1. The summed E-state index contributed by atoms with van der Waals surface area (Å²) >= 11 is 0. The number of anilines is 1. The van der Waals surface area contributed by atoms with Crippen molar-refractivity contribution in [1.29, 1.82) is 0 Å². The maximum absolute atomic E-state index is 11.2. The van der Waals surface area contributed by atoms with Crippen molar-refractivity contribution < 1.29 is 14.6 Å². The molecule has 178 valence electrons. The number of carboxylic acid groups (broad SMARTS) is 1. The van der Waals surface area contributed by atoms with Gasteiger partial charge in [0.15, 0.2) is 0 Å². The quantitative estimate of drug-likeness (QED) is 0.230. The molecule has 0 heterocycles. The van der Waals surface area contributed by atoms with Crippen LogP contribution in [0.3, 0.4) is 0 Å². The molecule has 0 amide bonds. The number of nitrogens with one attached hydrogen (secondary N) is 1. The van der Waals surface area contributed by atoms with E-state index in [-0.39, 0.29) is 5.56 Å². The third kappa shape index (κ3) is 12.0. The van der Waals surface area contributed by atoms with Gasteiger partial charge in [-0.1, -0.05) is 91.9 Å². The monoisotopic (exact) mass is 433 g/mol. The first-order chi connectivity index (χ1) is 14.9. The lowest BCUT2D eigenvalue weighted by molar-refractivity contribution is 0.0693. The molecule has 0 fully saturated rings. The highest BCUT2D eigenvalue weighted by molar-refractivity contribution is 5.91. The van der Waals surface area contributed by atoms with Crippen molar-refractivity contribution in [3.63, 3.8) is 0 Å². The van der Waals surface area contributed by atoms with Gasteiger partial charge in [0.05, 0.1) is 7.11 Å². The molecule has 2 N–H and O–H groups in total. The summed E-state index contributed by atoms with van der Waals surface area (Å²) in [5.74, 6) is 1.86. The molecule has 4 nitrogen and oxygen atoms in total. The van der Waals surface area contributed by atoms with Gasteiger partial charge in [-0.3, -0.25) is 0 Å². The van der Waals surface area contributed by atoms with Crippen molar-refractivity contribution in [1.82, 2.24) is 0 Å². The fourth-order valence-corrected chi connectivity index (χ4v) is 4.25. The predicted molar refractivity (Wildman–Crippen MR) is 132 cm³/mol. The van der Waals surface area contributed by atoms with E-state index in [1.165, 1.54) is 71.3 Å². The second-order valence-corrected chi connectivity index (χ2v) is 9.61. The third-order valence-corrected chi connectivity index (χ3v) is 6.49. The molecule has 0 aromatic heterocycles. The van der Waals surface area contributed by atoms with E-state index in [0.29, 0.717) is 11.7 Å². The summed E-state index contributed by atoms with van der Waals surface area (Å²) in [6, 6.07) is 5.17. The van der Waals surface area contributed by atoms with E-state index in [4.69, 9.17) is 9.84 Å². The van der Waals surface area contributed by atoms with Crippen LogP contribution in [0.5, 0.6) is 5.75 Å². The van der Waals surface area contributed by atoms with E-state index in [1.807, 2.05) is 6.07 Å². The maximum Gasteiger partial charge on any atom is 0.339 e. The summed E-state index contributed by atoms with van der Waals surface area (Å²) < 4.78 is 5.19. The Hall–Kier alpha value is -1.71. The SMILES string of the molecule is CCCCCC(C)CCCC(C)CCCC(C)CCNc1ccc(C(=O)O)c(OC)c1. The van der Waals surface area contributed by atoms with E-state index in [1.54, 1.807) is 12.1 Å². The summed E-state index contributed by atoms with van der Waals surface area (Å²) in [4.78, 5) is 11.2. The van der Waals surface area contributed by atoms with Crippen LogP contribution in [0.15, 0.2) is 18.2 Å². The molecule has 1 aromatic carbocycles. The summed E-state index contributed by atoms with van der Waals surface area (Å²) in [7, 11) is 1.50. The maximum atomic E-state index is 11.2. The molecule has 31 heavy (non-hydrogen) atoms. The lowest BCUT2D eigenvalue weighted by atomic mass is 9.91. The first-order valence-corrected chi connectivity index (χ1v) is 12.5. The molecular weight excluding hydrogens is 386 g/mol. The molecule has 0 aliphatic rings. The van der Waals surface area contributed by atoms with Crippen molar-refractivity contribution in [2.75, 3.05) is 19.0 Å². The Morgan fingerprint density at radius 3 is 1.97 bits per heavy atom. The minimum Gasteiger partial charge on any atom is -0.496 e. The van der Waals surface area contributed by atoms with Gasteiger partial charge in [-0.05, 0) is 36.3 Å². The van der Waals surface area contributed by atoms with Crippen LogP contribution in [0.2, 0.25) is 0 Å². The Morgan fingerprint density at radius 2 is 1.45 bits per heavy atom. The molecule has 0 radical (unpaired) electrons. The van der Waals surface area contributed by atoms with Crippen molar-refractivity contribution in [3.8, 4) is 5.75 Å². The molecular formula is C27H47NO3. The van der Waals surface area contributed by atoms with Crippen LogP contribution in [-0.2, 0) is 0 Å². The van der Waals surface area contributed by atoms with Crippen LogP contribution < -0.4 is 10.1 Å². The number of carboxylic acids is 1. The van der Waals surface area contributed by atoms with Crippen molar-refractivity contribution >= 4 is 11.7 Å². The third-order valence-electron chi connectivity index (χ3n) is 6.49. The second-order valence-electron chi connectivity index (χ2n) is 9.61. The molecule has 3 unspecified atom stereocenters. The Kier molecular flexibility index (Phi) is 14.1. The average molecular weight is 434 g/mol. The van der Waals surface area contributed by atoms with E-state index < -0.39 is 5.97 Å². The summed E-state index contributed by atoms with van der Waals surface area (Å²) in [5.41, 5.74) is 1.10. The molecule has 0 aliphatic heterocycles. The summed E-state index contributed by atoms with van der Waals surface area (Å²) in [5, 5.41) is 12.6. The van der Waals surface area contributed by atoms with Gasteiger partial charge in [0, 0.05) is 18.3 Å². The average Bonchev–Trinajstić information content (AvgIpc) is 2.73. The molecule has 0 aliphatic carbocycles. The highest BCUT2D eigenvalue weighted by Gasteiger charge is 2.11. The number of rotatable bonds is 18. The van der Waals surface area contributed by atoms with Crippen LogP contribution >= 0.6 is 0 Å². The Balaban J connectivity index is 2.15. The smallest absolute Gasteiger partial charge is 0.339 e. The van der Waals surface area contributed by atoms with Gasteiger partial charge in [0.25, 0.3) is 0 Å². The van der Waals surface area contributed by atoms with E-state index in [0.717, 1.165) is 30.5 Å². The lowest BCUT2D eigenvalue weighted by Gasteiger charge is -2.16. The number of hydrogen-bond acceptors (Lipinski definition) is 3. The van der Waals surface area contributed by atoms with Crippen LogP contribution in [0.25, 0.3) is 0 Å². The summed E-state index contributed by atoms with van der Waals surface area (Å²) in [6.07, 6.45) is 14.7. The number of hydrogen-bond donors (Lipinski definition) is 2. The topological polar surface area (TPSA) is 58.6 Å². The van der Waals surface area contributed by atoms with Crippen molar-refractivity contribution in [2.45, 2.75) is 98.3 Å². The molecule has 0 bridgehead atoms. The first-order valence-electron chi connectivity index (χ1n) is 12.5. The summed E-state index contributed by atoms with van der Waals surface area (Å²) in [6.45, 7) is 10.3. The van der Waals surface area contributed by atoms with Crippen molar-refractivity contribution in [3.05, 3.63) is 23.8 Å². The zero-order valence-corrected chi connectivity index (χ0v) is 20.7. The Labute approximate surface area is 191 Å². The standard InChI is InChI=1S/C27H47NO3/c1-6-7-8-11-21(2)12-9-13-22(3)14-10-15-23(4)18-19-28-24-16-17-25(27(29)30)26(20-24)31-5/h16-17,20-23,28H,6-15,18-19H2,1-5H3,(H,29,30). The predicted octanol–water partition coefficient (Wildman–Crippen LogP) is 8.02. The second kappa shape index (κ2) is 16.0. The van der Waals surface area contributed by atoms with Crippen LogP contribution in [0.4, 0.5) is 5.69 Å². The van der Waals surface area contributed by atoms with E-state index in [2.05, 4.69) is 33.0 Å². The molecule has 1 aromatic rings. The fourth-order valence-electron chi connectivity index (χ4n) is 4.25.